The Morgan fingerprint density at radius 3 is 2.00 bits per heavy atom. The predicted octanol–water partition coefficient (Wildman–Crippen LogP) is 2.60. The molecule has 0 atom stereocenters. The molecule has 1 N–H and O–H groups in total. The molecule has 22 heavy (non-hydrogen) atoms. The Kier molecular flexibility index (Phi) is 4.00. The summed E-state index contributed by atoms with van der Waals surface area (Å²) in [5.74, 6) is 0.881. The Morgan fingerprint density at radius 2 is 1.50 bits per heavy atom. The van der Waals surface area contributed by atoms with Gasteiger partial charge in [-0.1, -0.05) is 30.3 Å². The summed E-state index contributed by atoms with van der Waals surface area (Å²) in [6.07, 6.45) is 1.72. The first-order valence-corrected chi connectivity index (χ1v) is 7.31. The molecule has 114 valence electrons. The van der Waals surface area contributed by atoms with Gasteiger partial charge in [0, 0.05) is 6.04 Å². The molecule has 0 radical (unpaired) electrons. The number of benzene rings is 2. The molecule has 0 spiro atoms. The third kappa shape index (κ3) is 2.64. The van der Waals surface area contributed by atoms with Crippen molar-refractivity contribution in [1.82, 2.24) is 5.32 Å². The van der Waals surface area contributed by atoms with Gasteiger partial charge in [-0.05, 0) is 36.1 Å². The number of amides is 1. The Balaban J connectivity index is 1.79. The fraction of sp³-hybridized carbons (Fsp3) is 0.278. The van der Waals surface area contributed by atoms with Crippen LogP contribution in [-0.2, 0) is 12.8 Å². The molecule has 0 aromatic heterocycles. The molecule has 4 heteroatoms. The smallest absolute Gasteiger partial charge is 0.259 e. The number of hydrogen-bond acceptors (Lipinski definition) is 3. The van der Waals surface area contributed by atoms with Crippen LogP contribution in [0.15, 0.2) is 42.5 Å². The molecule has 3 rings (SSSR count). The van der Waals surface area contributed by atoms with Gasteiger partial charge in [-0.3, -0.25) is 4.79 Å². The molecule has 0 heterocycles. The van der Waals surface area contributed by atoms with Gasteiger partial charge < -0.3 is 14.8 Å². The van der Waals surface area contributed by atoms with Gasteiger partial charge in [0.05, 0.1) is 14.2 Å². The quantitative estimate of drug-likeness (QED) is 0.943. The zero-order valence-corrected chi connectivity index (χ0v) is 12.8. The molecule has 2 aromatic carbocycles. The standard InChI is InChI=1S/C18H19NO3/c1-21-15-8-5-9-16(22-2)17(15)18(20)19-14-10-12-6-3-4-7-13(12)11-14/h3-9,14H,10-11H2,1-2H3,(H,19,20). The van der Waals surface area contributed by atoms with Gasteiger partial charge in [-0.15, -0.1) is 0 Å². The van der Waals surface area contributed by atoms with Crippen LogP contribution < -0.4 is 14.8 Å². The van der Waals surface area contributed by atoms with Gasteiger partial charge in [-0.2, -0.15) is 0 Å². The number of ether oxygens (including phenoxy) is 2. The van der Waals surface area contributed by atoms with Crippen molar-refractivity contribution >= 4 is 5.91 Å². The van der Waals surface area contributed by atoms with E-state index in [1.165, 1.54) is 11.1 Å². The molecule has 1 aliphatic rings. The molecule has 0 unspecified atom stereocenters. The molecule has 1 aliphatic carbocycles. The van der Waals surface area contributed by atoms with Crippen LogP contribution in [0, 0.1) is 0 Å². The monoisotopic (exact) mass is 297 g/mol. The maximum atomic E-state index is 12.6. The highest BCUT2D eigenvalue weighted by atomic mass is 16.5. The Morgan fingerprint density at radius 1 is 0.955 bits per heavy atom. The zero-order valence-electron chi connectivity index (χ0n) is 12.8. The Hall–Kier alpha value is -2.49. The largest absolute Gasteiger partial charge is 0.496 e. The molecule has 2 aromatic rings. The molecule has 0 saturated carbocycles. The third-order valence-corrected chi connectivity index (χ3v) is 4.04. The maximum absolute atomic E-state index is 12.6. The number of carbonyl (C=O) groups excluding carboxylic acids is 1. The molecular formula is C18H19NO3. The lowest BCUT2D eigenvalue weighted by atomic mass is 10.1. The van der Waals surface area contributed by atoms with E-state index in [4.69, 9.17) is 9.47 Å². The van der Waals surface area contributed by atoms with Crippen LogP contribution in [0.4, 0.5) is 0 Å². The van der Waals surface area contributed by atoms with E-state index in [9.17, 15) is 4.79 Å². The highest BCUT2D eigenvalue weighted by Gasteiger charge is 2.25. The topological polar surface area (TPSA) is 47.6 Å². The Bertz CT molecular complexity index is 649. The van der Waals surface area contributed by atoms with E-state index in [1.807, 2.05) is 12.1 Å². The van der Waals surface area contributed by atoms with E-state index in [1.54, 1.807) is 32.4 Å². The molecular weight excluding hydrogens is 278 g/mol. The molecule has 0 aliphatic heterocycles. The van der Waals surface area contributed by atoms with E-state index in [0.29, 0.717) is 17.1 Å². The number of rotatable bonds is 4. The van der Waals surface area contributed by atoms with Crippen LogP contribution in [0.25, 0.3) is 0 Å². The molecule has 0 saturated heterocycles. The molecule has 0 fully saturated rings. The van der Waals surface area contributed by atoms with Crippen molar-refractivity contribution in [2.45, 2.75) is 18.9 Å². The summed E-state index contributed by atoms with van der Waals surface area (Å²) < 4.78 is 10.6. The fourth-order valence-corrected chi connectivity index (χ4v) is 2.99. The lowest BCUT2D eigenvalue weighted by Crippen LogP contribution is -2.35. The number of fused-ring (bicyclic) bond motifs is 1. The van der Waals surface area contributed by atoms with Crippen LogP contribution in [0.5, 0.6) is 11.5 Å². The highest BCUT2D eigenvalue weighted by Crippen LogP contribution is 2.29. The van der Waals surface area contributed by atoms with E-state index in [0.717, 1.165) is 12.8 Å². The number of carbonyl (C=O) groups is 1. The summed E-state index contributed by atoms with van der Waals surface area (Å²) in [6, 6.07) is 13.7. The van der Waals surface area contributed by atoms with Gasteiger partial charge >= 0.3 is 0 Å². The first-order chi connectivity index (χ1) is 10.7. The zero-order chi connectivity index (χ0) is 15.5. The van der Waals surface area contributed by atoms with Crippen molar-refractivity contribution in [2.24, 2.45) is 0 Å². The summed E-state index contributed by atoms with van der Waals surface area (Å²) in [5, 5.41) is 3.09. The van der Waals surface area contributed by atoms with Crippen LogP contribution in [0.2, 0.25) is 0 Å². The van der Waals surface area contributed by atoms with E-state index < -0.39 is 0 Å². The van der Waals surface area contributed by atoms with Gasteiger partial charge in [-0.25, -0.2) is 0 Å². The SMILES string of the molecule is COc1cccc(OC)c1C(=O)NC1Cc2ccccc2C1. The summed E-state index contributed by atoms with van der Waals surface area (Å²) in [5.41, 5.74) is 3.06. The van der Waals surface area contributed by atoms with Gasteiger partial charge in [0.1, 0.15) is 17.1 Å². The van der Waals surface area contributed by atoms with Gasteiger partial charge in [0.15, 0.2) is 0 Å². The number of nitrogens with one attached hydrogen (secondary N) is 1. The third-order valence-electron chi connectivity index (χ3n) is 4.04. The van der Waals surface area contributed by atoms with E-state index in [2.05, 4.69) is 17.4 Å². The van der Waals surface area contributed by atoms with Crippen LogP contribution in [0.1, 0.15) is 21.5 Å². The minimum Gasteiger partial charge on any atom is -0.496 e. The first-order valence-electron chi connectivity index (χ1n) is 7.31. The van der Waals surface area contributed by atoms with Crippen molar-refractivity contribution in [3.8, 4) is 11.5 Å². The van der Waals surface area contributed by atoms with Crippen LogP contribution in [0.3, 0.4) is 0 Å². The molecule has 0 bridgehead atoms. The lowest BCUT2D eigenvalue weighted by molar-refractivity contribution is 0.0932. The minimum atomic E-state index is -0.160. The van der Waals surface area contributed by atoms with E-state index >= 15 is 0 Å². The summed E-state index contributed by atoms with van der Waals surface area (Å²) in [4.78, 5) is 12.6. The second-order valence-corrected chi connectivity index (χ2v) is 5.38. The predicted molar refractivity (Wildman–Crippen MR) is 84.7 cm³/mol. The van der Waals surface area contributed by atoms with Crippen molar-refractivity contribution in [3.63, 3.8) is 0 Å². The fourth-order valence-electron chi connectivity index (χ4n) is 2.99. The number of hydrogen-bond donors (Lipinski definition) is 1. The van der Waals surface area contributed by atoms with E-state index in [-0.39, 0.29) is 11.9 Å². The van der Waals surface area contributed by atoms with Crippen molar-refractivity contribution < 1.29 is 14.3 Å². The normalized spacial score (nSPS) is 13.5. The van der Waals surface area contributed by atoms with Crippen LogP contribution in [-0.4, -0.2) is 26.2 Å². The average molecular weight is 297 g/mol. The van der Waals surface area contributed by atoms with Crippen LogP contribution >= 0.6 is 0 Å². The van der Waals surface area contributed by atoms with Crippen molar-refractivity contribution in [2.75, 3.05) is 14.2 Å². The highest BCUT2D eigenvalue weighted by molar-refractivity contribution is 6.00. The average Bonchev–Trinajstić information content (AvgIpc) is 2.95. The first kappa shape index (κ1) is 14.4. The lowest BCUT2D eigenvalue weighted by Gasteiger charge is -2.16. The van der Waals surface area contributed by atoms with Crippen molar-refractivity contribution in [3.05, 3.63) is 59.2 Å². The van der Waals surface area contributed by atoms with Gasteiger partial charge in [0.2, 0.25) is 0 Å². The second kappa shape index (κ2) is 6.10. The molecule has 4 nitrogen and oxygen atoms in total. The van der Waals surface area contributed by atoms with Gasteiger partial charge in [0.25, 0.3) is 5.91 Å². The van der Waals surface area contributed by atoms with Crippen molar-refractivity contribution in [1.29, 1.82) is 0 Å². The Labute approximate surface area is 130 Å². The number of methoxy groups -OCH3 is 2. The summed E-state index contributed by atoms with van der Waals surface area (Å²) >= 11 is 0. The molecule has 1 amide bonds. The minimum absolute atomic E-state index is 0.111. The summed E-state index contributed by atoms with van der Waals surface area (Å²) in [6.45, 7) is 0. The summed E-state index contributed by atoms with van der Waals surface area (Å²) in [7, 11) is 3.11. The maximum Gasteiger partial charge on any atom is 0.259 e. The second-order valence-electron chi connectivity index (χ2n) is 5.38.